The lowest BCUT2D eigenvalue weighted by atomic mass is 10.1. The Balaban J connectivity index is 1.40. The molecule has 3 aromatic rings. The van der Waals surface area contributed by atoms with Gasteiger partial charge in [0.2, 0.25) is 5.91 Å². The highest BCUT2D eigenvalue weighted by Gasteiger charge is 2.29. The van der Waals surface area contributed by atoms with Crippen LogP contribution in [0.5, 0.6) is 11.5 Å². The number of rotatable bonds is 9. The van der Waals surface area contributed by atoms with Crippen LogP contribution in [0.1, 0.15) is 34.7 Å². The van der Waals surface area contributed by atoms with E-state index in [2.05, 4.69) is 5.32 Å². The monoisotopic (exact) mass is 449 g/mol. The van der Waals surface area contributed by atoms with E-state index in [1.165, 1.54) is 0 Å². The average molecular weight is 450 g/mol. The maximum Gasteiger partial charge on any atom is 0.291 e. The van der Waals surface area contributed by atoms with Gasteiger partial charge in [0, 0.05) is 12.2 Å². The third-order valence-electron chi connectivity index (χ3n) is 5.66. The zero-order valence-corrected chi connectivity index (χ0v) is 18.5. The second kappa shape index (κ2) is 10.2. The molecule has 8 heteroatoms. The molecule has 33 heavy (non-hydrogen) atoms. The summed E-state index contributed by atoms with van der Waals surface area (Å²) >= 11 is 0. The first-order chi connectivity index (χ1) is 16.0. The molecule has 0 aliphatic carbocycles. The minimum atomic E-state index is -0.362. The van der Waals surface area contributed by atoms with Crippen molar-refractivity contribution >= 4 is 17.5 Å². The lowest BCUT2D eigenvalue weighted by Crippen LogP contribution is -2.39. The maximum absolute atomic E-state index is 12.8. The van der Waals surface area contributed by atoms with Gasteiger partial charge in [0.05, 0.1) is 13.2 Å². The van der Waals surface area contributed by atoms with Crippen molar-refractivity contribution in [2.24, 2.45) is 5.73 Å². The summed E-state index contributed by atoms with van der Waals surface area (Å²) in [6.07, 6.45) is 1.68. The highest BCUT2D eigenvalue weighted by molar-refractivity contribution is 6.02. The van der Waals surface area contributed by atoms with Crippen molar-refractivity contribution in [3.8, 4) is 11.5 Å². The van der Waals surface area contributed by atoms with Crippen LogP contribution in [0.2, 0.25) is 0 Å². The smallest absolute Gasteiger partial charge is 0.291 e. The Morgan fingerprint density at radius 1 is 1.09 bits per heavy atom. The Kier molecular flexibility index (Phi) is 6.95. The zero-order valence-electron chi connectivity index (χ0n) is 18.5. The highest BCUT2D eigenvalue weighted by Crippen LogP contribution is 2.27. The van der Waals surface area contributed by atoms with Gasteiger partial charge in [-0.15, -0.1) is 0 Å². The van der Waals surface area contributed by atoms with Crippen LogP contribution in [-0.2, 0) is 17.9 Å². The second-order valence-electron chi connectivity index (χ2n) is 7.85. The van der Waals surface area contributed by atoms with Crippen molar-refractivity contribution in [1.82, 2.24) is 4.90 Å². The molecule has 1 atom stereocenters. The number of hydrogen-bond donors (Lipinski definition) is 2. The first kappa shape index (κ1) is 22.4. The van der Waals surface area contributed by atoms with Crippen molar-refractivity contribution in [3.05, 3.63) is 77.7 Å². The lowest BCUT2D eigenvalue weighted by molar-refractivity contribution is -0.122. The van der Waals surface area contributed by atoms with E-state index in [4.69, 9.17) is 19.6 Å². The van der Waals surface area contributed by atoms with Crippen LogP contribution in [0, 0.1) is 0 Å². The number of carbonyl (C=O) groups excluding carboxylic acids is 2. The number of carbonyl (C=O) groups is 2. The lowest BCUT2D eigenvalue weighted by Gasteiger charge is -2.23. The van der Waals surface area contributed by atoms with Crippen LogP contribution in [0.3, 0.4) is 0 Å². The summed E-state index contributed by atoms with van der Waals surface area (Å²) in [7, 11) is 1.58. The zero-order chi connectivity index (χ0) is 23.2. The molecular formula is C25H27N3O5. The number of furan rings is 1. The summed E-state index contributed by atoms with van der Waals surface area (Å²) in [5, 5.41) is 2.91. The number of nitrogens with one attached hydrogen (secondary N) is 1. The number of nitrogens with zero attached hydrogens (tertiary/aromatic N) is 1. The Hall–Kier alpha value is -3.78. The third kappa shape index (κ3) is 5.35. The molecule has 0 saturated carbocycles. The van der Waals surface area contributed by atoms with E-state index in [1.807, 2.05) is 47.4 Å². The highest BCUT2D eigenvalue weighted by atomic mass is 16.5. The van der Waals surface area contributed by atoms with Crippen molar-refractivity contribution in [1.29, 1.82) is 0 Å². The van der Waals surface area contributed by atoms with Crippen LogP contribution in [0.15, 0.2) is 65.1 Å². The van der Waals surface area contributed by atoms with Gasteiger partial charge in [-0.05, 0) is 55.3 Å². The average Bonchev–Trinajstić information content (AvgIpc) is 3.49. The van der Waals surface area contributed by atoms with Crippen molar-refractivity contribution < 1.29 is 23.5 Å². The van der Waals surface area contributed by atoms with E-state index in [1.54, 1.807) is 25.3 Å². The summed E-state index contributed by atoms with van der Waals surface area (Å²) in [6.45, 7) is 1.48. The molecule has 0 bridgehead atoms. The summed E-state index contributed by atoms with van der Waals surface area (Å²) in [5.74, 6) is 1.23. The fourth-order valence-electron chi connectivity index (χ4n) is 3.98. The van der Waals surface area contributed by atoms with Crippen LogP contribution in [-0.4, -0.2) is 36.4 Å². The molecule has 4 rings (SSSR count). The summed E-state index contributed by atoms with van der Waals surface area (Å²) in [5.41, 5.74) is 7.11. The maximum atomic E-state index is 12.8. The first-order valence-electron chi connectivity index (χ1n) is 10.8. The number of ether oxygens (including phenoxy) is 2. The van der Waals surface area contributed by atoms with Crippen molar-refractivity contribution in [2.75, 3.05) is 19.0 Å². The van der Waals surface area contributed by atoms with Gasteiger partial charge in [-0.25, -0.2) is 0 Å². The molecular weight excluding hydrogens is 422 g/mol. The Bertz CT molecular complexity index is 1130. The van der Waals surface area contributed by atoms with E-state index >= 15 is 0 Å². The van der Waals surface area contributed by atoms with E-state index in [0.29, 0.717) is 29.5 Å². The molecule has 0 spiro atoms. The predicted octanol–water partition coefficient (Wildman–Crippen LogP) is 3.57. The number of hydrogen-bond acceptors (Lipinski definition) is 6. The molecule has 2 amide bonds. The van der Waals surface area contributed by atoms with Crippen molar-refractivity contribution in [2.45, 2.75) is 32.0 Å². The number of nitrogens with two attached hydrogens (primary N) is 1. The van der Waals surface area contributed by atoms with E-state index in [9.17, 15) is 9.59 Å². The van der Waals surface area contributed by atoms with Crippen LogP contribution < -0.4 is 20.5 Å². The Labute approximate surface area is 192 Å². The number of anilines is 1. The third-order valence-corrected chi connectivity index (χ3v) is 5.66. The quantitative estimate of drug-likeness (QED) is 0.517. The molecule has 3 N–H and O–H groups in total. The first-order valence-corrected chi connectivity index (χ1v) is 10.8. The molecule has 0 radical (unpaired) electrons. The Morgan fingerprint density at radius 3 is 2.64 bits per heavy atom. The molecule has 1 saturated heterocycles. The molecule has 2 heterocycles. The SMILES string of the molecule is COc1ccccc1OCc1ccc(C(=O)Nc2ccccc2CN2CCCC2C(N)=O)o1. The number of amides is 2. The Morgan fingerprint density at radius 2 is 1.85 bits per heavy atom. The van der Waals surface area contributed by atoms with Crippen LogP contribution in [0.25, 0.3) is 0 Å². The number of primary amides is 1. The summed E-state index contributed by atoms with van der Waals surface area (Å²) < 4.78 is 16.7. The minimum absolute atomic E-state index is 0.160. The van der Waals surface area contributed by atoms with Gasteiger partial charge in [-0.3, -0.25) is 14.5 Å². The van der Waals surface area contributed by atoms with Crippen molar-refractivity contribution in [3.63, 3.8) is 0 Å². The summed E-state index contributed by atoms with van der Waals surface area (Å²) in [6, 6.07) is 17.9. The molecule has 1 aliphatic heterocycles. The van der Waals surface area contributed by atoms with Gasteiger partial charge in [0.25, 0.3) is 5.91 Å². The minimum Gasteiger partial charge on any atom is -0.493 e. The summed E-state index contributed by atoms with van der Waals surface area (Å²) in [4.78, 5) is 26.6. The second-order valence-corrected chi connectivity index (χ2v) is 7.85. The molecule has 8 nitrogen and oxygen atoms in total. The van der Waals surface area contributed by atoms with Crippen LogP contribution in [0.4, 0.5) is 5.69 Å². The van der Waals surface area contributed by atoms with Gasteiger partial charge in [0.15, 0.2) is 17.3 Å². The van der Waals surface area contributed by atoms with Gasteiger partial charge < -0.3 is 24.9 Å². The van der Waals surface area contributed by atoms with Gasteiger partial charge in [0.1, 0.15) is 12.4 Å². The molecule has 1 aromatic heterocycles. The number of benzene rings is 2. The number of likely N-dealkylation sites (tertiary alicyclic amines) is 1. The molecule has 172 valence electrons. The standard InChI is InChI=1S/C25H27N3O5/c1-31-21-10-4-5-11-22(21)32-16-18-12-13-23(33-18)25(30)27-19-8-3-2-7-17(19)15-28-14-6-9-20(28)24(26)29/h2-5,7-8,10-13,20H,6,9,14-16H2,1H3,(H2,26,29)(H,27,30). The normalized spacial score (nSPS) is 15.8. The number of para-hydroxylation sites is 3. The van der Waals surface area contributed by atoms with Gasteiger partial charge in [-0.2, -0.15) is 0 Å². The topological polar surface area (TPSA) is 107 Å². The fourth-order valence-corrected chi connectivity index (χ4v) is 3.98. The van der Waals surface area contributed by atoms with Gasteiger partial charge in [-0.1, -0.05) is 30.3 Å². The molecule has 1 aliphatic rings. The molecule has 1 fully saturated rings. The van der Waals surface area contributed by atoms with Crippen LogP contribution >= 0.6 is 0 Å². The molecule has 1 unspecified atom stereocenters. The number of methoxy groups -OCH3 is 1. The van der Waals surface area contributed by atoms with Gasteiger partial charge >= 0.3 is 0 Å². The predicted molar refractivity (Wildman–Crippen MR) is 123 cm³/mol. The fraction of sp³-hybridized carbons (Fsp3) is 0.280. The molecule has 2 aromatic carbocycles. The largest absolute Gasteiger partial charge is 0.493 e. The van der Waals surface area contributed by atoms with E-state index < -0.39 is 0 Å². The van der Waals surface area contributed by atoms with E-state index in [-0.39, 0.29) is 30.2 Å². The van der Waals surface area contributed by atoms with E-state index in [0.717, 1.165) is 24.9 Å².